The molecule has 0 fully saturated rings. The van der Waals surface area contributed by atoms with E-state index in [4.69, 9.17) is 0 Å². The van der Waals surface area contributed by atoms with Gasteiger partial charge in [0.15, 0.2) is 0 Å². The van der Waals surface area contributed by atoms with Crippen LogP contribution in [0.2, 0.25) is 0 Å². The van der Waals surface area contributed by atoms with Gasteiger partial charge in [-0.25, -0.2) is 0 Å². The fourth-order valence-corrected chi connectivity index (χ4v) is 4.09. The van der Waals surface area contributed by atoms with Crippen molar-refractivity contribution in [2.24, 2.45) is 0 Å². The van der Waals surface area contributed by atoms with Crippen LogP contribution in [0.4, 0.5) is 0 Å². The minimum absolute atomic E-state index is 0.758. The Hall–Kier alpha value is -0.830. The van der Waals surface area contributed by atoms with Crippen LogP contribution >= 0.6 is 0 Å². The Morgan fingerprint density at radius 1 is 1.32 bits per heavy atom. The van der Waals surface area contributed by atoms with Gasteiger partial charge in [-0.15, -0.1) is 0 Å². The van der Waals surface area contributed by atoms with Crippen LogP contribution in [0, 0.1) is 0 Å². The van der Waals surface area contributed by atoms with Crippen LogP contribution in [-0.2, 0) is 13.0 Å². The van der Waals surface area contributed by atoms with Crippen molar-refractivity contribution in [3.05, 3.63) is 17.5 Å². The minimum Gasteiger partial charge on any atom is -0.300 e. The molecule has 3 heteroatoms. The molecule has 0 saturated carbocycles. The molecule has 3 rings (SSSR count). The molecule has 0 unspecified atom stereocenters. The molecule has 0 aromatic carbocycles. The summed E-state index contributed by atoms with van der Waals surface area (Å²) < 4.78 is 2.28. The van der Waals surface area contributed by atoms with E-state index in [0.29, 0.717) is 0 Å². The molecular weight excluding hydrogens is 234 g/mol. The highest BCUT2D eigenvalue weighted by Crippen LogP contribution is 2.39. The first-order valence-electron chi connectivity index (χ1n) is 8.12. The van der Waals surface area contributed by atoms with Crippen molar-refractivity contribution in [3.63, 3.8) is 0 Å². The van der Waals surface area contributed by atoms with Gasteiger partial charge in [0.25, 0.3) is 0 Å². The first kappa shape index (κ1) is 13.2. The number of nitrogens with zero attached hydrogens (tertiary/aromatic N) is 3. The van der Waals surface area contributed by atoms with Crippen molar-refractivity contribution in [1.29, 1.82) is 0 Å². The van der Waals surface area contributed by atoms with Crippen LogP contribution in [0.5, 0.6) is 0 Å². The van der Waals surface area contributed by atoms with Gasteiger partial charge < -0.3 is 4.90 Å². The van der Waals surface area contributed by atoms with Gasteiger partial charge in [0.2, 0.25) is 0 Å². The second kappa shape index (κ2) is 5.66. The lowest BCUT2D eigenvalue weighted by Gasteiger charge is -2.39. The molecular formula is C16H27N3. The average Bonchev–Trinajstić information content (AvgIpc) is 2.84. The standard InChI is InChI=1S/C16H27N3/c1-3-7-18(8-4-2)15-10-13-6-5-9-19-16(13)14(11-15)12-17-19/h12-13,15H,3-11H2,1-2H3/t13-,15-/m1/s1. The summed E-state index contributed by atoms with van der Waals surface area (Å²) in [5.41, 5.74) is 3.12. The third-order valence-electron chi connectivity index (χ3n) is 4.82. The number of hydrogen-bond donors (Lipinski definition) is 0. The van der Waals surface area contributed by atoms with Gasteiger partial charge in [-0.05, 0) is 57.2 Å². The predicted molar refractivity (Wildman–Crippen MR) is 78.5 cm³/mol. The van der Waals surface area contributed by atoms with Crippen LogP contribution in [0.15, 0.2) is 6.20 Å². The molecule has 2 aliphatic rings. The van der Waals surface area contributed by atoms with Crippen molar-refractivity contribution in [3.8, 4) is 0 Å². The number of rotatable bonds is 5. The van der Waals surface area contributed by atoms with E-state index in [1.165, 1.54) is 57.2 Å². The van der Waals surface area contributed by atoms with Gasteiger partial charge in [-0.1, -0.05) is 13.8 Å². The van der Waals surface area contributed by atoms with E-state index in [-0.39, 0.29) is 0 Å². The van der Waals surface area contributed by atoms with E-state index in [1.807, 2.05) is 0 Å². The van der Waals surface area contributed by atoms with E-state index in [1.54, 1.807) is 5.69 Å². The molecule has 19 heavy (non-hydrogen) atoms. The maximum atomic E-state index is 4.60. The Morgan fingerprint density at radius 3 is 2.84 bits per heavy atom. The summed E-state index contributed by atoms with van der Waals surface area (Å²) in [6, 6.07) is 0.758. The predicted octanol–water partition coefficient (Wildman–Crippen LogP) is 3.20. The molecule has 1 aromatic heterocycles. The third-order valence-corrected chi connectivity index (χ3v) is 4.82. The lowest BCUT2D eigenvalue weighted by atomic mass is 9.80. The van der Waals surface area contributed by atoms with Crippen molar-refractivity contribution >= 4 is 0 Å². The molecule has 0 bridgehead atoms. The molecule has 106 valence electrons. The summed E-state index contributed by atoms with van der Waals surface area (Å²) in [4.78, 5) is 2.73. The lowest BCUT2D eigenvalue weighted by Crippen LogP contribution is -2.42. The Morgan fingerprint density at radius 2 is 2.11 bits per heavy atom. The van der Waals surface area contributed by atoms with Crippen LogP contribution in [0.25, 0.3) is 0 Å². The largest absolute Gasteiger partial charge is 0.300 e. The molecule has 1 aliphatic carbocycles. The van der Waals surface area contributed by atoms with Crippen LogP contribution in [-0.4, -0.2) is 33.8 Å². The summed E-state index contributed by atoms with van der Waals surface area (Å²) in [6.45, 7) is 8.26. The Bertz CT molecular complexity index is 418. The summed E-state index contributed by atoms with van der Waals surface area (Å²) in [7, 11) is 0. The van der Waals surface area contributed by atoms with Gasteiger partial charge in [-0.2, -0.15) is 5.10 Å². The van der Waals surface area contributed by atoms with Gasteiger partial charge in [0, 0.05) is 24.2 Å². The van der Waals surface area contributed by atoms with Crippen LogP contribution in [0.1, 0.15) is 63.1 Å². The summed E-state index contributed by atoms with van der Waals surface area (Å²) in [5, 5.41) is 4.60. The SMILES string of the molecule is CCCN(CCC)[C@H]1Cc2cnn3c2[C@H](CCC3)C1. The Labute approximate surface area is 117 Å². The molecule has 2 atom stereocenters. The Balaban J connectivity index is 1.80. The van der Waals surface area contributed by atoms with E-state index >= 15 is 0 Å². The molecule has 2 heterocycles. The monoisotopic (exact) mass is 261 g/mol. The molecule has 0 amide bonds. The normalized spacial score (nSPS) is 25.6. The zero-order valence-electron chi connectivity index (χ0n) is 12.4. The number of aromatic nitrogens is 2. The second-order valence-electron chi connectivity index (χ2n) is 6.25. The second-order valence-corrected chi connectivity index (χ2v) is 6.25. The molecule has 0 spiro atoms. The fraction of sp³-hybridized carbons (Fsp3) is 0.812. The number of aryl methyl sites for hydroxylation is 1. The molecule has 3 nitrogen and oxygen atoms in total. The molecule has 0 radical (unpaired) electrons. The maximum Gasteiger partial charge on any atom is 0.0525 e. The van der Waals surface area contributed by atoms with E-state index in [2.05, 4.69) is 34.7 Å². The zero-order valence-corrected chi connectivity index (χ0v) is 12.4. The smallest absolute Gasteiger partial charge is 0.0525 e. The first-order valence-corrected chi connectivity index (χ1v) is 8.12. The third kappa shape index (κ3) is 2.45. The van der Waals surface area contributed by atoms with E-state index in [0.717, 1.165) is 18.5 Å². The van der Waals surface area contributed by atoms with Crippen LogP contribution < -0.4 is 0 Å². The molecule has 1 aliphatic heterocycles. The first-order chi connectivity index (χ1) is 9.33. The molecule has 0 N–H and O–H groups in total. The highest BCUT2D eigenvalue weighted by atomic mass is 15.3. The van der Waals surface area contributed by atoms with Crippen molar-refractivity contribution in [1.82, 2.24) is 14.7 Å². The van der Waals surface area contributed by atoms with Gasteiger partial charge in [0.1, 0.15) is 0 Å². The highest BCUT2D eigenvalue weighted by molar-refractivity contribution is 5.28. The summed E-state index contributed by atoms with van der Waals surface area (Å²) >= 11 is 0. The quantitative estimate of drug-likeness (QED) is 0.811. The molecule has 1 aromatic rings. The van der Waals surface area contributed by atoms with E-state index in [9.17, 15) is 0 Å². The average molecular weight is 261 g/mol. The molecule has 0 saturated heterocycles. The lowest BCUT2D eigenvalue weighted by molar-refractivity contribution is 0.162. The topological polar surface area (TPSA) is 21.1 Å². The van der Waals surface area contributed by atoms with E-state index < -0.39 is 0 Å². The fourth-order valence-electron chi connectivity index (χ4n) is 4.09. The maximum absolute atomic E-state index is 4.60. The zero-order chi connectivity index (χ0) is 13.2. The minimum atomic E-state index is 0.758. The van der Waals surface area contributed by atoms with Crippen molar-refractivity contribution in [2.75, 3.05) is 13.1 Å². The van der Waals surface area contributed by atoms with Crippen molar-refractivity contribution < 1.29 is 0 Å². The van der Waals surface area contributed by atoms with Crippen molar-refractivity contribution in [2.45, 2.75) is 70.9 Å². The number of hydrogen-bond acceptors (Lipinski definition) is 2. The van der Waals surface area contributed by atoms with Gasteiger partial charge in [0.05, 0.1) is 6.20 Å². The summed E-state index contributed by atoms with van der Waals surface area (Å²) in [6.07, 6.45) is 9.97. The van der Waals surface area contributed by atoms with Crippen LogP contribution in [0.3, 0.4) is 0 Å². The summed E-state index contributed by atoms with van der Waals surface area (Å²) in [5.74, 6) is 0.779. The van der Waals surface area contributed by atoms with Gasteiger partial charge in [-0.3, -0.25) is 4.68 Å². The highest BCUT2D eigenvalue weighted by Gasteiger charge is 2.34. The van der Waals surface area contributed by atoms with Gasteiger partial charge >= 0.3 is 0 Å². The Kier molecular flexibility index (Phi) is 3.92.